The Morgan fingerprint density at radius 3 is 2.65 bits per heavy atom. The van der Waals surface area contributed by atoms with Gasteiger partial charge in [-0.25, -0.2) is 0 Å². The van der Waals surface area contributed by atoms with Crippen LogP contribution < -0.4 is 4.90 Å². The fourth-order valence-corrected chi connectivity index (χ4v) is 2.44. The van der Waals surface area contributed by atoms with Gasteiger partial charge in [0, 0.05) is 25.3 Å². The van der Waals surface area contributed by atoms with Gasteiger partial charge in [-0.2, -0.15) is 5.26 Å². The lowest BCUT2D eigenvalue weighted by Gasteiger charge is -2.37. The largest absolute Gasteiger partial charge is 0.370 e. The number of likely N-dealkylation sites (tertiary alicyclic amines) is 1. The van der Waals surface area contributed by atoms with Crippen molar-refractivity contribution in [1.82, 2.24) is 4.90 Å². The van der Waals surface area contributed by atoms with Gasteiger partial charge in [-0.05, 0) is 50.7 Å². The minimum Gasteiger partial charge on any atom is -0.370 e. The van der Waals surface area contributed by atoms with Gasteiger partial charge in [0.05, 0.1) is 11.6 Å². The van der Waals surface area contributed by atoms with Crippen molar-refractivity contribution in [2.24, 2.45) is 0 Å². The first-order valence-electron chi connectivity index (χ1n) is 6.12. The molecule has 1 aliphatic rings. The molecule has 1 aromatic carbocycles. The molecule has 1 atom stereocenters. The van der Waals surface area contributed by atoms with E-state index in [1.807, 2.05) is 24.3 Å². The molecule has 0 aliphatic carbocycles. The Balaban J connectivity index is 2.07. The third kappa shape index (κ3) is 2.78. The molecule has 3 heteroatoms. The molecule has 1 aliphatic heterocycles. The Morgan fingerprint density at radius 2 is 2.06 bits per heavy atom. The molecule has 17 heavy (non-hydrogen) atoms. The second-order valence-corrected chi connectivity index (χ2v) is 4.83. The van der Waals surface area contributed by atoms with E-state index in [0.717, 1.165) is 12.1 Å². The summed E-state index contributed by atoms with van der Waals surface area (Å²) < 4.78 is 0. The number of likely N-dealkylation sites (N-methyl/N-ethyl adjacent to an activating group) is 2. The van der Waals surface area contributed by atoms with Crippen molar-refractivity contribution in [1.29, 1.82) is 5.26 Å². The molecule has 1 fully saturated rings. The summed E-state index contributed by atoms with van der Waals surface area (Å²) in [6, 6.07) is 10.6. The van der Waals surface area contributed by atoms with Crippen molar-refractivity contribution in [3.63, 3.8) is 0 Å². The van der Waals surface area contributed by atoms with Crippen molar-refractivity contribution in [3.05, 3.63) is 29.8 Å². The maximum atomic E-state index is 8.78. The van der Waals surface area contributed by atoms with Crippen molar-refractivity contribution >= 4 is 5.69 Å². The molecule has 3 nitrogen and oxygen atoms in total. The van der Waals surface area contributed by atoms with Crippen LogP contribution in [0.2, 0.25) is 0 Å². The van der Waals surface area contributed by atoms with E-state index in [1.54, 1.807) is 0 Å². The number of rotatable bonds is 2. The molecule has 0 spiro atoms. The number of hydrogen-bond acceptors (Lipinski definition) is 3. The first-order valence-corrected chi connectivity index (χ1v) is 6.12. The van der Waals surface area contributed by atoms with Crippen LogP contribution >= 0.6 is 0 Å². The predicted molar refractivity (Wildman–Crippen MR) is 70.1 cm³/mol. The molecule has 0 bridgehead atoms. The fraction of sp³-hybridized carbons (Fsp3) is 0.500. The third-order valence-electron chi connectivity index (χ3n) is 3.55. The number of nitrogens with zero attached hydrogens (tertiary/aromatic N) is 3. The summed E-state index contributed by atoms with van der Waals surface area (Å²) in [5.74, 6) is 0. The van der Waals surface area contributed by atoms with Crippen LogP contribution in [-0.2, 0) is 0 Å². The van der Waals surface area contributed by atoms with Crippen LogP contribution in [0.3, 0.4) is 0 Å². The van der Waals surface area contributed by atoms with Crippen LogP contribution in [0.15, 0.2) is 24.3 Å². The van der Waals surface area contributed by atoms with Crippen LogP contribution in [-0.4, -0.2) is 38.1 Å². The van der Waals surface area contributed by atoms with Crippen LogP contribution in [0, 0.1) is 11.3 Å². The average Bonchev–Trinajstić information content (AvgIpc) is 2.38. The lowest BCUT2D eigenvalue weighted by Crippen LogP contribution is -2.45. The molecule has 0 aromatic heterocycles. The minimum absolute atomic E-state index is 0.585. The van der Waals surface area contributed by atoms with Gasteiger partial charge >= 0.3 is 0 Å². The van der Waals surface area contributed by atoms with E-state index < -0.39 is 0 Å². The van der Waals surface area contributed by atoms with Crippen molar-refractivity contribution in [2.45, 2.75) is 18.9 Å². The molecular weight excluding hydrogens is 210 g/mol. The standard InChI is InChI=1S/C14H19N3/c1-16-9-3-4-14(11-16)17(2)13-7-5-12(10-15)6-8-13/h5-8,14H,3-4,9,11H2,1-2H3. The zero-order valence-corrected chi connectivity index (χ0v) is 10.6. The molecule has 2 rings (SSSR count). The Hall–Kier alpha value is -1.53. The van der Waals surface area contributed by atoms with E-state index in [9.17, 15) is 0 Å². The van der Waals surface area contributed by atoms with Gasteiger partial charge in [0.15, 0.2) is 0 Å². The zero-order valence-electron chi connectivity index (χ0n) is 10.6. The topological polar surface area (TPSA) is 30.3 Å². The van der Waals surface area contributed by atoms with E-state index in [4.69, 9.17) is 5.26 Å². The minimum atomic E-state index is 0.585. The van der Waals surface area contributed by atoms with Crippen LogP contribution in [0.25, 0.3) is 0 Å². The lowest BCUT2D eigenvalue weighted by molar-refractivity contribution is 0.248. The van der Waals surface area contributed by atoms with Crippen molar-refractivity contribution in [3.8, 4) is 6.07 Å². The van der Waals surface area contributed by atoms with E-state index in [2.05, 4.69) is 30.0 Å². The maximum absolute atomic E-state index is 8.78. The fourth-order valence-electron chi connectivity index (χ4n) is 2.44. The van der Waals surface area contributed by atoms with Gasteiger partial charge in [0.2, 0.25) is 0 Å². The first-order chi connectivity index (χ1) is 8.20. The number of hydrogen-bond donors (Lipinski definition) is 0. The van der Waals surface area contributed by atoms with Crippen molar-refractivity contribution in [2.75, 3.05) is 32.1 Å². The van der Waals surface area contributed by atoms with E-state index in [-0.39, 0.29) is 0 Å². The molecule has 0 N–H and O–H groups in total. The summed E-state index contributed by atoms with van der Waals surface area (Å²) >= 11 is 0. The Morgan fingerprint density at radius 1 is 1.35 bits per heavy atom. The molecule has 1 unspecified atom stereocenters. The van der Waals surface area contributed by atoms with Crippen LogP contribution in [0.1, 0.15) is 18.4 Å². The maximum Gasteiger partial charge on any atom is 0.0991 e. The number of nitriles is 1. The van der Waals surface area contributed by atoms with Crippen LogP contribution in [0.4, 0.5) is 5.69 Å². The highest BCUT2D eigenvalue weighted by molar-refractivity contribution is 5.50. The lowest BCUT2D eigenvalue weighted by atomic mass is 10.0. The smallest absolute Gasteiger partial charge is 0.0991 e. The Bertz CT molecular complexity index is 404. The summed E-state index contributed by atoms with van der Waals surface area (Å²) in [5, 5.41) is 8.78. The third-order valence-corrected chi connectivity index (χ3v) is 3.55. The molecule has 1 heterocycles. The highest BCUT2D eigenvalue weighted by Crippen LogP contribution is 2.21. The summed E-state index contributed by atoms with van der Waals surface area (Å²) in [7, 11) is 4.32. The molecule has 90 valence electrons. The Kier molecular flexibility index (Phi) is 3.65. The highest BCUT2D eigenvalue weighted by Gasteiger charge is 2.21. The van der Waals surface area contributed by atoms with Gasteiger partial charge in [-0.3, -0.25) is 0 Å². The molecular formula is C14H19N3. The van der Waals surface area contributed by atoms with Gasteiger partial charge in [-0.15, -0.1) is 0 Å². The summed E-state index contributed by atoms with van der Waals surface area (Å²) in [6.07, 6.45) is 2.52. The number of piperidine rings is 1. The zero-order chi connectivity index (χ0) is 12.3. The number of anilines is 1. The molecule has 0 saturated carbocycles. The highest BCUT2D eigenvalue weighted by atomic mass is 15.2. The monoisotopic (exact) mass is 229 g/mol. The van der Waals surface area contributed by atoms with Crippen molar-refractivity contribution < 1.29 is 0 Å². The Labute approximate surface area is 103 Å². The molecule has 0 radical (unpaired) electrons. The second kappa shape index (κ2) is 5.20. The van der Waals surface area contributed by atoms with E-state index in [1.165, 1.54) is 25.1 Å². The molecule has 0 amide bonds. The van der Waals surface area contributed by atoms with Gasteiger partial charge in [0.25, 0.3) is 0 Å². The quantitative estimate of drug-likeness (QED) is 0.778. The SMILES string of the molecule is CN1CCCC(N(C)c2ccc(C#N)cc2)C1. The van der Waals surface area contributed by atoms with E-state index in [0.29, 0.717) is 6.04 Å². The second-order valence-electron chi connectivity index (χ2n) is 4.83. The summed E-state index contributed by atoms with van der Waals surface area (Å²) in [4.78, 5) is 4.71. The van der Waals surface area contributed by atoms with Gasteiger partial charge < -0.3 is 9.80 Å². The first kappa shape index (κ1) is 11.9. The number of benzene rings is 1. The van der Waals surface area contributed by atoms with Gasteiger partial charge in [-0.1, -0.05) is 0 Å². The summed E-state index contributed by atoms with van der Waals surface area (Å²) in [6.45, 7) is 2.33. The van der Waals surface area contributed by atoms with E-state index >= 15 is 0 Å². The molecule has 1 aromatic rings. The normalized spacial score (nSPS) is 20.9. The molecule has 1 saturated heterocycles. The predicted octanol–water partition coefficient (Wildman–Crippen LogP) is 2.09. The summed E-state index contributed by atoms with van der Waals surface area (Å²) in [5.41, 5.74) is 1.92. The average molecular weight is 229 g/mol. The van der Waals surface area contributed by atoms with Crippen LogP contribution in [0.5, 0.6) is 0 Å². The van der Waals surface area contributed by atoms with Gasteiger partial charge in [0.1, 0.15) is 0 Å².